The highest BCUT2D eigenvalue weighted by atomic mass is 31.2. The summed E-state index contributed by atoms with van der Waals surface area (Å²) in [5.41, 5.74) is 3.04. The minimum Gasteiger partial charge on any atom is -0.497 e. The summed E-state index contributed by atoms with van der Waals surface area (Å²) in [6.45, 7) is 0. The first-order chi connectivity index (χ1) is 14.0. The smallest absolute Gasteiger partial charge is 0.119 e. The van der Waals surface area contributed by atoms with E-state index >= 15 is 0 Å². The maximum absolute atomic E-state index is 14.2. The highest BCUT2D eigenvalue weighted by Gasteiger charge is 2.25. The van der Waals surface area contributed by atoms with Crippen molar-refractivity contribution in [3.8, 4) is 17.2 Å². The predicted octanol–water partition coefficient (Wildman–Crippen LogP) is 5.98. The fourth-order valence-corrected chi connectivity index (χ4v) is 6.40. The average molecular weight is 410 g/mol. The van der Waals surface area contributed by atoms with Gasteiger partial charge in [0.2, 0.25) is 0 Å². The van der Waals surface area contributed by atoms with E-state index in [1.54, 1.807) is 21.3 Å². The zero-order chi connectivity index (χ0) is 20.7. The zero-order valence-electron chi connectivity index (χ0n) is 17.1. The van der Waals surface area contributed by atoms with E-state index < -0.39 is 7.14 Å². The largest absolute Gasteiger partial charge is 0.497 e. The van der Waals surface area contributed by atoms with E-state index in [0.29, 0.717) is 18.5 Å². The average Bonchev–Trinajstić information content (AvgIpc) is 2.73. The van der Waals surface area contributed by atoms with Gasteiger partial charge in [-0.25, -0.2) is 0 Å². The van der Waals surface area contributed by atoms with Crippen LogP contribution in [0.1, 0.15) is 16.7 Å². The molecule has 0 N–H and O–H groups in total. The van der Waals surface area contributed by atoms with Crippen LogP contribution in [0.5, 0.6) is 17.2 Å². The van der Waals surface area contributed by atoms with Crippen LogP contribution in [0.3, 0.4) is 0 Å². The summed E-state index contributed by atoms with van der Waals surface area (Å²) < 4.78 is 30.2. The van der Waals surface area contributed by atoms with Crippen LogP contribution in [0.4, 0.5) is 0 Å². The third-order valence-electron chi connectivity index (χ3n) is 4.81. The molecule has 0 radical (unpaired) electrons. The highest BCUT2D eigenvalue weighted by Crippen LogP contribution is 2.55. The quantitative estimate of drug-likeness (QED) is 0.407. The van der Waals surface area contributed by atoms with Crippen molar-refractivity contribution >= 4 is 7.14 Å². The summed E-state index contributed by atoms with van der Waals surface area (Å²) in [6, 6.07) is 23.4. The molecule has 0 bridgehead atoms. The lowest BCUT2D eigenvalue weighted by Crippen LogP contribution is -1.99. The van der Waals surface area contributed by atoms with Crippen molar-refractivity contribution in [2.45, 2.75) is 18.5 Å². The van der Waals surface area contributed by atoms with Crippen molar-refractivity contribution < 1.29 is 18.8 Å². The predicted molar refractivity (Wildman–Crippen MR) is 118 cm³/mol. The number of hydrogen-bond acceptors (Lipinski definition) is 4. The van der Waals surface area contributed by atoms with Crippen molar-refractivity contribution in [3.63, 3.8) is 0 Å². The van der Waals surface area contributed by atoms with Gasteiger partial charge < -0.3 is 18.8 Å². The van der Waals surface area contributed by atoms with E-state index in [0.717, 1.165) is 33.9 Å². The second-order valence-electron chi connectivity index (χ2n) is 7.09. The van der Waals surface area contributed by atoms with E-state index in [9.17, 15) is 4.57 Å². The first-order valence-corrected chi connectivity index (χ1v) is 11.8. The van der Waals surface area contributed by atoms with Gasteiger partial charge >= 0.3 is 0 Å². The molecule has 0 aliphatic rings. The summed E-state index contributed by atoms with van der Waals surface area (Å²) >= 11 is 0. The number of methoxy groups -OCH3 is 3. The van der Waals surface area contributed by atoms with Gasteiger partial charge in [0.15, 0.2) is 0 Å². The van der Waals surface area contributed by atoms with Crippen molar-refractivity contribution in [1.29, 1.82) is 0 Å². The van der Waals surface area contributed by atoms with Crippen LogP contribution in [0.15, 0.2) is 72.8 Å². The van der Waals surface area contributed by atoms with E-state index in [2.05, 4.69) is 0 Å². The van der Waals surface area contributed by atoms with Gasteiger partial charge in [-0.1, -0.05) is 36.4 Å². The van der Waals surface area contributed by atoms with Crippen LogP contribution in [-0.2, 0) is 23.1 Å². The van der Waals surface area contributed by atoms with Crippen LogP contribution in [-0.4, -0.2) is 21.3 Å². The summed E-state index contributed by atoms with van der Waals surface area (Å²) in [7, 11) is 2.29. The summed E-state index contributed by atoms with van der Waals surface area (Å²) in [6.07, 6.45) is 1.50. The van der Waals surface area contributed by atoms with Crippen molar-refractivity contribution in [1.82, 2.24) is 0 Å². The molecule has 0 atom stereocenters. The summed E-state index contributed by atoms with van der Waals surface area (Å²) in [5, 5.41) is 0. The Hall–Kier alpha value is -2.71. The highest BCUT2D eigenvalue weighted by molar-refractivity contribution is 7.61. The normalized spacial score (nSPS) is 11.1. The Kier molecular flexibility index (Phi) is 7.00. The molecule has 3 rings (SSSR count). The molecule has 5 heteroatoms. The first kappa shape index (κ1) is 21.0. The number of hydrogen-bond donors (Lipinski definition) is 0. The van der Waals surface area contributed by atoms with E-state index in [1.165, 1.54) is 0 Å². The van der Waals surface area contributed by atoms with Crippen LogP contribution in [0, 0.1) is 0 Å². The Morgan fingerprint density at radius 2 is 0.897 bits per heavy atom. The van der Waals surface area contributed by atoms with Crippen molar-refractivity contribution in [2.24, 2.45) is 0 Å². The molecule has 0 fully saturated rings. The minimum absolute atomic E-state index is 0.499. The number of ether oxygens (including phenoxy) is 3. The lowest BCUT2D eigenvalue weighted by molar-refractivity contribution is 0.414. The van der Waals surface area contributed by atoms with Gasteiger partial charge in [-0.2, -0.15) is 0 Å². The topological polar surface area (TPSA) is 44.8 Å². The fourth-order valence-electron chi connectivity index (χ4n) is 3.48. The molecule has 0 amide bonds. The van der Waals surface area contributed by atoms with Crippen LogP contribution >= 0.6 is 7.14 Å². The molecule has 0 aliphatic carbocycles. The van der Waals surface area contributed by atoms with Gasteiger partial charge in [0.05, 0.1) is 21.3 Å². The molecule has 4 nitrogen and oxygen atoms in total. The third-order valence-corrected chi connectivity index (χ3v) is 7.64. The van der Waals surface area contributed by atoms with Gasteiger partial charge in [0.25, 0.3) is 0 Å². The molecule has 3 aromatic rings. The molecule has 0 aromatic heterocycles. The van der Waals surface area contributed by atoms with Gasteiger partial charge in [0.1, 0.15) is 24.4 Å². The molecule has 0 heterocycles. The number of benzene rings is 3. The van der Waals surface area contributed by atoms with Crippen LogP contribution in [0.2, 0.25) is 0 Å². The Labute approximate surface area is 172 Å². The molecule has 152 valence electrons. The standard InChI is InChI=1S/C24H27O4P/c1-26-22-10-4-7-19(13-22)16-29(25,17-20-8-5-11-23(14-20)27-2)18-21-9-6-12-24(15-21)28-3/h4-15H,16-18H2,1-3H3. The maximum Gasteiger partial charge on any atom is 0.119 e. The Morgan fingerprint density at radius 1 is 0.586 bits per heavy atom. The van der Waals surface area contributed by atoms with Gasteiger partial charge in [-0.05, 0) is 53.1 Å². The summed E-state index contributed by atoms with van der Waals surface area (Å²) in [5.74, 6) is 2.32. The lowest BCUT2D eigenvalue weighted by atomic mass is 10.2. The number of rotatable bonds is 9. The van der Waals surface area contributed by atoms with Crippen molar-refractivity contribution in [2.75, 3.05) is 21.3 Å². The Balaban J connectivity index is 1.93. The first-order valence-electron chi connectivity index (χ1n) is 9.49. The minimum atomic E-state index is -2.64. The second kappa shape index (κ2) is 9.67. The maximum atomic E-state index is 14.2. The summed E-state index contributed by atoms with van der Waals surface area (Å²) in [4.78, 5) is 0. The van der Waals surface area contributed by atoms with E-state index in [-0.39, 0.29) is 0 Å². The molecule has 0 saturated heterocycles. The molecular weight excluding hydrogens is 383 g/mol. The van der Waals surface area contributed by atoms with E-state index in [4.69, 9.17) is 14.2 Å². The molecule has 0 saturated carbocycles. The molecule has 0 spiro atoms. The second-order valence-corrected chi connectivity index (χ2v) is 10.2. The van der Waals surface area contributed by atoms with Crippen LogP contribution < -0.4 is 14.2 Å². The van der Waals surface area contributed by atoms with Gasteiger partial charge in [-0.15, -0.1) is 0 Å². The SMILES string of the molecule is COc1cccc(CP(=O)(Cc2cccc(OC)c2)Cc2cccc(OC)c2)c1. The van der Waals surface area contributed by atoms with Gasteiger partial charge in [0, 0.05) is 18.5 Å². The fraction of sp³-hybridized carbons (Fsp3) is 0.250. The van der Waals surface area contributed by atoms with Gasteiger partial charge in [-0.3, -0.25) is 0 Å². The zero-order valence-corrected chi connectivity index (χ0v) is 18.0. The molecule has 3 aromatic carbocycles. The van der Waals surface area contributed by atoms with Crippen LogP contribution in [0.25, 0.3) is 0 Å². The molecule has 0 aliphatic heterocycles. The van der Waals surface area contributed by atoms with Crippen molar-refractivity contribution in [3.05, 3.63) is 89.5 Å². The molecule has 0 unspecified atom stereocenters. The molecular formula is C24H27O4P. The lowest BCUT2D eigenvalue weighted by Gasteiger charge is -2.20. The Bertz CT molecular complexity index is 872. The Morgan fingerprint density at radius 3 is 1.17 bits per heavy atom. The monoisotopic (exact) mass is 410 g/mol. The third kappa shape index (κ3) is 5.88. The molecule has 29 heavy (non-hydrogen) atoms. The van der Waals surface area contributed by atoms with E-state index in [1.807, 2.05) is 72.8 Å².